The number of thioether (sulfide) groups is 1. The Morgan fingerprint density at radius 2 is 2.03 bits per heavy atom. The Labute approximate surface area is 198 Å². The number of nitrogens with zero attached hydrogens (tertiary/aromatic N) is 3. The number of aromatic nitrogens is 4. The fourth-order valence-electron chi connectivity index (χ4n) is 3.11. The third-order valence-corrected chi connectivity index (χ3v) is 7.34. The van der Waals surface area contributed by atoms with Crippen molar-refractivity contribution in [3.8, 4) is 5.75 Å². The minimum atomic E-state index is -0.395. The van der Waals surface area contributed by atoms with Crippen molar-refractivity contribution in [2.75, 3.05) is 5.32 Å². The molecule has 4 aromatic heterocycles. The summed E-state index contributed by atoms with van der Waals surface area (Å²) in [6.07, 6.45) is 5.00. The normalized spacial score (nSPS) is 12.0. The molecule has 33 heavy (non-hydrogen) atoms. The number of fused-ring (bicyclic) bond motifs is 1. The van der Waals surface area contributed by atoms with Crippen LogP contribution in [0.2, 0.25) is 0 Å². The zero-order valence-electron chi connectivity index (χ0n) is 18.4. The van der Waals surface area contributed by atoms with Gasteiger partial charge in [0.25, 0.3) is 5.56 Å². The van der Waals surface area contributed by atoms with Gasteiger partial charge in [0.2, 0.25) is 5.91 Å². The highest BCUT2D eigenvalue weighted by Gasteiger charge is 2.18. The predicted octanol–water partition coefficient (Wildman–Crippen LogP) is 4.23. The molecular weight excluding hydrogens is 458 g/mol. The molecule has 0 saturated carbocycles. The van der Waals surface area contributed by atoms with Crippen LogP contribution in [0, 0.1) is 13.8 Å². The van der Waals surface area contributed by atoms with E-state index in [0.29, 0.717) is 35.1 Å². The van der Waals surface area contributed by atoms with E-state index in [1.807, 2.05) is 26.0 Å². The van der Waals surface area contributed by atoms with Crippen molar-refractivity contribution in [1.82, 2.24) is 19.9 Å². The molecule has 4 heterocycles. The van der Waals surface area contributed by atoms with Gasteiger partial charge in [-0.3, -0.25) is 14.6 Å². The largest absolute Gasteiger partial charge is 0.485 e. The van der Waals surface area contributed by atoms with Crippen LogP contribution in [0.5, 0.6) is 5.75 Å². The summed E-state index contributed by atoms with van der Waals surface area (Å²) in [5.74, 6) is 1.60. The van der Waals surface area contributed by atoms with Crippen LogP contribution >= 0.6 is 23.1 Å². The number of nitrogens with one attached hydrogen (secondary N) is 2. The summed E-state index contributed by atoms with van der Waals surface area (Å²) in [5, 5.41) is 3.09. The summed E-state index contributed by atoms with van der Waals surface area (Å²) in [5.41, 5.74) is 1.79. The molecule has 10 heteroatoms. The van der Waals surface area contributed by atoms with E-state index in [9.17, 15) is 9.59 Å². The number of amides is 1. The number of pyridine rings is 2. The van der Waals surface area contributed by atoms with Crippen molar-refractivity contribution in [2.24, 2.45) is 0 Å². The van der Waals surface area contributed by atoms with E-state index < -0.39 is 5.25 Å². The molecule has 2 N–H and O–H groups in total. The SMILES string of the molecule is Cc1sc2nc(CSC(C)C(=O)Nc3ncccc3OCc3ccncc3)[nH]c(=O)c2c1C. The summed E-state index contributed by atoms with van der Waals surface area (Å²) >= 11 is 2.89. The Kier molecular flexibility index (Phi) is 7.05. The van der Waals surface area contributed by atoms with Crippen LogP contribution in [0.1, 0.15) is 28.8 Å². The van der Waals surface area contributed by atoms with Crippen LogP contribution in [0.25, 0.3) is 10.2 Å². The van der Waals surface area contributed by atoms with Gasteiger partial charge < -0.3 is 15.0 Å². The molecule has 0 radical (unpaired) electrons. The van der Waals surface area contributed by atoms with E-state index in [1.165, 1.54) is 23.1 Å². The van der Waals surface area contributed by atoms with Crippen molar-refractivity contribution >= 4 is 45.0 Å². The molecular formula is C23H23N5O3S2. The molecule has 1 atom stereocenters. The topological polar surface area (TPSA) is 110 Å². The van der Waals surface area contributed by atoms with Gasteiger partial charge in [0, 0.05) is 23.5 Å². The molecule has 8 nitrogen and oxygen atoms in total. The number of aryl methyl sites for hydroxylation is 2. The Bertz CT molecular complexity index is 1340. The number of carbonyl (C=O) groups is 1. The van der Waals surface area contributed by atoms with Crippen LogP contribution in [0.15, 0.2) is 47.7 Å². The van der Waals surface area contributed by atoms with E-state index in [1.54, 1.807) is 37.6 Å². The van der Waals surface area contributed by atoms with Gasteiger partial charge >= 0.3 is 0 Å². The van der Waals surface area contributed by atoms with E-state index in [0.717, 1.165) is 20.8 Å². The third-order valence-electron chi connectivity index (χ3n) is 5.08. The fourth-order valence-corrected chi connectivity index (χ4v) is 4.91. The van der Waals surface area contributed by atoms with Gasteiger partial charge in [0.15, 0.2) is 11.6 Å². The zero-order chi connectivity index (χ0) is 23.4. The van der Waals surface area contributed by atoms with E-state index in [-0.39, 0.29) is 11.5 Å². The molecule has 0 aliphatic rings. The Morgan fingerprint density at radius 1 is 1.24 bits per heavy atom. The number of hydrogen-bond acceptors (Lipinski definition) is 8. The quantitative estimate of drug-likeness (QED) is 0.387. The second-order valence-corrected chi connectivity index (χ2v) is 9.95. The van der Waals surface area contributed by atoms with Crippen LogP contribution in [0.4, 0.5) is 5.82 Å². The van der Waals surface area contributed by atoms with Gasteiger partial charge in [0.05, 0.1) is 16.4 Å². The number of thiophene rings is 1. The van der Waals surface area contributed by atoms with Gasteiger partial charge in [-0.25, -0.2) is 9.97 Å². The maximum atomic E-state index is 12.8. The lowest BCUT2D eigenvalue weighted by Crippen LogP contribution is -2.24. The summed E-state index contributed by atoms with van der Waals surface area (Å²) in [6.45, 7) is 6.05. The molecule has 0 aromatic carbocycles. The molecule has 0 aliphatic carbocycles. The number of aromatic amines is 1. The first kappa shape index (κ1) is 22.9. The average Bonchev–Trinajstić information content (AvgIpc) is 3.11. The molecule has 170 valence electrons. The first-order valence-electron chi connectivity index (χ1n) is 10.3. The number of hydrogen-bond donors (Lipinski definition) is 2. The molecule has 0 bridgehead atoms. The van der Waals surface area contributed by atoms with Crippen LogP contribution in [-0.4, -0.2) is 31.1 Å². The Balaban J connectivity index is 1.38. The molecule has 4 rings (SSSR count). The number of H-pyrrole nitrogens is 1. The first-order valence-corrected chi connectivity index (χ1v) is 12.2. The van der Waals surface area contributed by atoms with E-state index in [2.05, 4.69) is 25.3 Å². The zero-order valence-corrected chi connectivity index (χ0v) is 20.0. The lowest BCUT2D eigenvalue weighted by atomic mass is 10.2. The summed E-state index contributed by atoms with van der Waals surface area (Å²) < 4.78 is 5.84. The lowest BCUT2D eigenvalue weighted by Gasteiger charge is -2.14. The monoisotopic (exact) mass is 481 g/mol. The van der Waals surface area contributed by atoms with Crippen molar-refractivity contribution in [3.63, 3.8) is 0 Å². The van der Waals surface area contributed by atoms with Crippen LogP contribution < -0.4 is 15.6 Å². The minimum Gasteiger partial charge on any atom is -0.485 e. The highest BCUT2D eigenvalue weighted by molar-refractivity contribution is 7.99. The molecule has 4 aromatic rings. The molecule has 0 aliphatic heterocycles. The average molecular weight is 482 g/mol. The maximum absolute atomic E-state index is 12.8. The Morgan fingerprint density at radius 3 is 2.82 bits per heavy atom. The molecule has 0 saturated heterocycles. The second kappa shape index (κ2) is 10.1. The smallest absolute Gasteiger partial charge is 0.259 e. The Hall–Kier alpha value is -3.24. The van der Waals surface area contributed by atoms with Crippen LogP contribution in [0.3, 0.4) is 0 Å². The first-order chi connectivity index (χ1) is 15.9. The maximum Gasteiger partial charge on any atom is 0.259 e. The third kappa shape index (κ3) is 5.40. The number of anilines is 1. The molecule has 0 fully saturated rings. The lowest BCUT2D eigenvalue weighted by molar-refractivity contribution is -0.115. The van der Waals surface area contributed by atoms with Crippen LogP contribution in [-0.2, 0) is 17.2 Å². The van der Waals surface area contributed by atoms with Gasteiger partial charge in [-0.2, -0.15) is 0 Å². The van der Waals surface area contributed by atoms with Gasteiger partial charge in [-0.1, -0.05) is 0 Å². The van der Waals surface area contributed by atoms with E-state index in [4.69, 9.17) is 4.74 Å². The number of ether oxygens (including phenoxy) is 1. The predicted molar refractivity (Wildman–Crippen MR) is 132 cm³/mol. The van der Waals surface area contributed by atoms with Crippen molar-refractivity contribution in [1.29, 1.82) is 0 Å². The van der Waals surface area contributed by atoms with Gasteiger partial charge in [0.1, 0.15) is 17.3 Å². The fraction of sp³-hybridized carbons (Fsp3) is 0.261. The van der Waals surface area contributed by atoms with Crippen molar-refractivity contribution in [2.45, 2.75) is 38.4 Å². The molecule has 0 spiro atoms. The second-order valence-electron chi connectivity index (χ2n) is 7.41. The van der Waals surface area contributed by atoms with E-state index >= 15 is 0 Å². The standard InChI is InChI=1S/C23H23N5O3S2/c1-13-14(2)33-23-19(13)22(30)26-18(27-23)12-32-15(3)21(29)28-20-17(5-4-8-25-20)31-11-16-6-9-24-10-7-16/h4-10,15H,11-12H2,1-3H3,(H,25,28,29)(H,26,27,30). The summed E-state index contributed by atoms with van der Waals surface area (Å²) in [6, 6.07) is 7.24. The summed E-state index contributed by atoms with van der Waals surface area (Å²) in [4.78, 5) is 42.7. The summed E-state index contributed by atoms with van der Waals surface area (Å²) in [7, 11) is 0. The number of rotatable bonds is 8. The molecule has 1 unspecified atom stereocenters. The van der Waals surface area contributed by atoms with Gasteiger partial charge in [-0.05, 0) is 56.2 Å². The highest BCUT2D eigenvalue weighted by Crippen LogP contribution is 2.27. The highest BCUT2D eigenvalue weighted by atomic mass is 32.2. The van der Waals surface area contributed by atoms with Crippen molar-refractivity contribution in [3.05, 3.63) is 75.0 Å². The molecule has 1 amide bonds. The van der Waals surface area contributed by atoms with Gasteiger partial charge in [-0.15, -0.1) is 23.1 Å². The van der Waals surface area contributed by atoms with Crippen molar-refractivity contribution < 1.29 is 9.53 Å². The number of carbonyl (C=O) groups excluding carboxylic acids is 1. The minimum absolute atomic E-state index is 0.140.